The number of hydrogen-bond donors (Lipinski definition) is 2. The van der Waals surface area contributed by atoms with Gasteiger partial charge in [-0.1, -0.05) is 19.3 Å². The molecule has 17 heavy (non-hydrogen) atoms. The Hall–Kier alpha value is -0.870. The first-order valence-electron chi connectivity index (χ1n) is 6.50. The predicted molar refractivity (Wildman–Crippen MR) is 65.5 cm³/mol. The lowest BCUT2D eigenvalue weighted by Crippen LogP contribution is -2.36. The molecule has 0 aliphatic heterocycles. The molecule has 2 atom stereocenters. The van der Waals surface area contributed by atoms with Gasteiger partial charge >= 0.3 is 0 Å². The van der Waals surface area contributed by atoms with Crippen molar-refractivity contribution in [1.29, 1.82) is 0 Å². The van der Waals surface area contributed by atoms with Crippen LogP contribution in [0.25, 0.3) is 0 Å². The highest BCUT2D eigenvalue weighted by Gasteiger charge is 2.27. The van der Waals surface area contributed by atoms with E-state index in [1.165, 1.54) is 19.3 Å². The van der Waals surface area contributed by atoms with Gasteiger partial charge in [0.2, 0.25) is 0 Å². The first-order valence-corrected chi connectivity index (χ1v) is 6.50. The van der Waals surface area contributed by atoms with Crippen molar-refractivity contribution in [3.05, 3.63) is 18.0 Å². The molecule has 1 heterocycles. The summed E-state index contributed by atoms with van der Waals surface area (Å²) in [5.41, 5.74) is 0.981. The lowest BCUT2D eigenvalue weighted by Gasteiger charge is -2.29. The Balaban J connectivity index is 1.87. The largest absolute Gasteiger partial charge is 0.390 e. The minimum Gasteiger partial charge on any atom is -0.390 e. The number of hydrogen-bond acceptors (Lipinski definition) is 3. The minimum absolute atomic E-state index is 0.274. The maximum Gasteiger partial charge on any atom is 0.0843 e. The van der Waals surface area contributed by atoms with Crippen LogP contribution < -0.4 is 0 Å². The van der Waals surface area contributed by atoms with Gasteiger partial charge in [0, 0.05) is 19.7 Å². The molecule has 1 aromatic rings. The first kappa shape index (κ1) is 12.6. The van der Waals surface area contributed by atoms with Crippen LogP contribution in [0.3, 0.4) is 0 Å². The van der Waals surface area contributed by atoms with E-state index in [1.807, 2.05) is 13.2 Å². The van der Waals surface area contributed by atoms with E-state index in [-0.39, 0.29) is 5.92 Å². The number of aliphatic hydroxyl groups excluding tert-OH is 2. The van der Waals surface area contributed by atoms with Crippen LogP contribution in [0.5, 0.6) is 0 Å². The number of rotatable bonds is 4. The summed E-state index contributed by atoms with van der Waals surface area (Å²) in [5, 5.41) is 24.2. The number of nitrogens with zero attached hydrogens (tertiary/aromatic N) is 2. The molecule has 0 radical (unpaired) electrons. The third-order valence-corrected chi connectivity index (χ3v) is 3.73. The van der Waals surface area contributed by atoms with E-state index in [4.69, 9.17) is 0 Å². The highest BCUT2D eigenvalue weighted by Crippen LogP contribution is 2.28. The minimum atomic E-state index is -0.665. The highest BCUT2D eigenvalue weighted by atomic mass is 16.3. The maximum absolute atomic E-state index is 10.1. The summed E-state index contributed by atoms with van der Waals surface area (Å²) < 4.78 is 1.72. The summed E-state index contributed by atoms with van der Waals surface area (Å²) in [6.07, 6.45) is 8.60. The monoisotopic (exact) mass is 238 g/mol. The Morgan fingerprint density at radius 1 is 1.35 bits per heavy atom. The normalized spacial score (nSPS) is 21.4. The molecule has 1 aliphatic carbocycles. The Bertz CT molecular complexity index is 345. The van der Waals surface area contributed by atoms with E-state index in [1.54, 1.807) is 10.9 Å². The van der Waals surface area contributed by atoms with Gasteiger partial charge in [-0.05, 0) is 24.3 Å². The molecule has 1 saturated carbocycles. The summed E-state index contributed by atoms with van der Waals surface area (Å²) >= 11 is 0. The van der Waals surface area contributed by atoms with Crippen LogP contribution in [0.2, 0.25) is 0 Å². The van der Waals surface area contributed by atoms with Crippen LogP contribution in [-0.4, -0.2) is 32.2 Å². The molecule has 4 heteroatoms. The van der Waals surface area contributed by atoms with Crippen molar-refractivity contribution in [1.82, 2.24) is 9.78 Å². The average molecular weight is 238 g/mol. The SMILES string of the molecule is Cn1cc(CC(O)C(O)C2CCCCC2)cn1. The second-order valence-corrected chi connectivity index (χ2v) is 5.18. The van der Waals surface area contributed by atoms with E-state index in [0.717, 1.165) is 18.4 Å². The molecule has 0 saturated heterocycles. The molecule has 1 fully saturated rings. The Kier molecular flexibility index (Phi) is 4.18. The Morgan fingerprint density at radius 2 is 2.06 bits per heavy atom. The Morgan fingerprint density at radius 3 is 2.65 bits per heavy atom. The summed E-state index contributed by atoms with van der Waals surface area (Å²) in [6.45, 7) is 0. The zero-order valence-electron chi connectivity index (χ0n) is 10.4. The second-order valence-electron chi connectivity index (χ2n) is 5.18. The molecule has 2 rings (SSSR count). The van der Waals surface area contributed by atoms with Gasteiger partial charge in [-0.25, -0.2) is 0 Å². The van der Waals surface area contributed by atoms with Crippen LogP contribution >= 0.6 is 0 Å². The molecule has 0 aromatic carbocycles. The standard InChI is InChI=1S/C13H22N2O2/c1-15-9-10(8-14-15)7-12(16)13(17)11-5-3-2-4-6-11/h8-9,11-13,16-17H,2-7H2,1H3. The number of aryl methyl sites for hydroxylation is 1. The summed E-state index contributed by atoms with van der Waals surface area (Å²) in [5.74, 6) is 0.274. The van der Waals surface area contributed by atoms with Gasteiger partial charge in [0.15, 0.2) is 0 Å². The van der Waals surface area contributed by atoms with E-state index in [2.05, 4.69) is 5.10 Å². The third kappa shape index (κ3) is 3.30. The summed E-state index contributed by atoms with van der Waals surface area (Å²) in [7, 11) is 1.85. The van der Waals surface area contributed by atoms with Gasteiger partial charge in [-0.15, -0.1) is 0 Å². The van der Waals surface area contributed by atoms with E-state index in [0.29, 0.717) is 6.42 Å². The van der Waals surface area contributed by atoms with E-state index >= 15 is 0 Å². The fourth-order valence-corrected chi connectivity index (χ4v) is 2.73. The van der Waals surface area contributed by atoms with Crippen LogP contribution in [0.1, 0.15) is 37.7 Å². The van der Waals surface area contributed by atoms with Gasteiger partial charge in [0.1, 0.15) is 0 Å². The lowest BCUT2D eigenvalue weighted by molar-refractivity contribution is -0.0263. The lowest BCUT2D eigenvalue weighted by atomic mass is 9.82. The molecule has 96 valence electrons. The average Bonchev–Trinajstić information content (AvgIpc) is 2.75. The van der Waals surface area contributed by atoms with Gasteiger partial charge in [-0.2, -0.15) is 5.10 Å². The first-order chi connectivity index (χ1) is 8.16. The van der Waals surface area contributed by atoms with E-state index in [9.17, 15) is 10.2 Å². The van der Waals surface area contributed by atoms with Crippen molar-refractivity contribution >= 4 is 0 Å². The summed E-state index contributed by atoms with van der Waals surface area (Å²) in [6, 6.07) is 0. The molecular weight excluding hydrogens is 216 g/mol. The van der Waals surface area contributed by atoms with Crippen molar-refractivity contribution in [2.75, 3.05) is 0 Å². The van der Waals surface area contributed by atoms with Gasteiger partial charge < -0.3 is 10.2 Å². The molecule has 1 aromatic heterocycles. The van der Waals surface area contributed by atoms with Gasteiger partial charge in [-0.3, -0.25) is 4.68 Å². The molecule has 0 amide bonds. The number of aliphatic hydroxyl groups is 2. The molecule has 4 nitrogen and oxygen atoms in total. The molecule has 2 unspecified atom stereocenters. The highest BCUT2D eigenvalue weighted by molar-refractivity contribution is 5.06. The van der Waals surface area contributed by atoms with Crippen molar-refractivity contribution in [2.45, 2.75) is 50.7 Å². The van der Waals surface area contributed by atoms with Crippen LogP contribution in [-0.2, 0) is 13.5 Å². The van der Waals surface area contributed by atoms with Crippen LogP contribution in [0.4, 0.5) is 0 Å². The fraction of sp³-hybridized carbons (Fsp3) is 0.769. The maximum atomic E-state index is 10.1. The second kappa shape index (κ2) is 5.65. The van der Waals surface area contributed by atoms with Crippen molar-refractivity contribution in [2.24, 2.45) is 13.0 Å². The zero-order chi connectivity index (χ0) is 12.3. The smallest absolute Gasteiger partial charge is 0.0843 e. The fourth-order valence-electron chi connectivity index (χ4n) is 2.73. The Labute approximate surface area is 102 Å². The van der Waals surface area contributed by atoms with Gasteiger partial charge in [0.05, 0.1) is 18.4 Å². The molecule has 1 aliphatic rings. The van der Waals surface area contributed by atoms with Crippen molar-refractivity contribution in [3.63, 3.8) is 0 Å². The molecule has 0 bridgehead atoms. The quantitative estimate of drug-likeness (QED) is 0.830. The van der Waals surface area contributed by atoms with E-state index < -0.39 is 12.2 Å². The van der Waals surface area contributed by atoms with Crippen molar-refractivity contribution in [3.8, 4) is 0 Å². The molecule has 2 N–H and O–H groups in total. The van der Waals surface area contributed by atoms with Crippen molar-refractivity contribution < 1.29 is 10.2 Å². The van der Waals surface area contributed by atoms with Crippen LogP contribution in [0.15, 0.2) is 12.4 Å². The zero-order valence-corrected chi connectivity index (χ0v) is 10.4. The number of aromatic nitrogens is 2. The topological polar surface area (TPSA) is 58.3 Å². The van der Waals surface area contributed by atoms with Crippen LogP contribution in [0, 0.1) is 5.92 Å². The molecule has 0 spiro atoms. The predicted octanol–water partition coefficient (Wildman–Crippen LogP) is 1.26. The van der Waals surface area contributed by atoms with Gasteiger partial charge in [0.25, 0.3) is 0 Å². The third-order valence-electron chi connectivity index (χ3n) is 3.73. The molecular formula is C13H22N2O2. The summed E-state index contributed by atoms with van der Waals surface area (Å²) in [4.78, 5) is 0.